The monoisotopic (exact) mass is 376 g/mol. The van der Waals surface area contributed by atoms with Crippen LogP contribution in [0, 0.1) is 17.8 Å². The highest BCUT2D eigenvalue weighted by molar-refractivity contribution is 5.97. The summed E-state index contributed by atoms with van der Waals surface area (Å²) in [6.45, 7) is 0.0953. The second kappa shape index (κ2) is 7.04. The van der Waals surface area contributed by atoms with Crippen LogP contribution in [0.2, 0.25) is 0 Å². The summed E-state index contributed by atoms with van der Waals surface area (Å²) in [5.41, 5.74) is 3.11. The minimum atomic E-state index is -0.440. The molecule has 4 fully saturated rings. The van der Waals surface area contributed by atoms with Crippen molar-refractivity contribution in [2.75, 3.05) is 6.61 Å². The number of hydrogen-bond donors (Lipinski definition) is 1. The highest BCUT2D eigenvalue weighted by Gasteiger charge is 2.52. The SMILES string of the molecule is O=C(CO)c1ccc(OCc2ccccc2)c(C23CC4CC(CC(C4)C2)C3)c1. The van der Waals surface area contributed by atoms with Gasteiger partial charge in [-0.05, 0) is 85.5 Å². The Balaban J connectivity index is 1.51. The number of aliphatic hydroxyl groups is 1. The molecule has 4 aliphatic carbocycles. The first kappa shape index (κ1) is 17.9. The number of rotatable bonds is 6. The van der Waals surface area contributed by atoms with E-state index in [2.05, 4.69) is 12.1 Å². The third-order valence-electron chi connectivity index (χ3n) is 7.29. The second-order valence-corrected chi connectivity index (χ2v) is 9.26. The zero-order valence-corrected chi connectivity index (χ0v) is 16.3. The van der Waals surface area contributed by atoms with Crippen LogP contribution in [0.25, 0.3) is 0 Å². The topological polar surface area (TPSA) is 46.5 Å². The fourth-order valence-electron chi connectivity index (χ4n) is 6.51. The van der Waals surface area contributed by atoms with Gasteiger partial charge in [0.25, 0.3) is 0 Å². The summed E-state index contributed by atoms with van der Waals surface area (Å²) in [7, 11) is 0. The molecule has 1 N–H and O–H groups in total. The quantitative estimate of drug-likeness (QED) is 0.729. The molecule has 28 heavy (non-hydrogen) atoms. The molecule has 0 radical (unpaired) electrons. The van der Waals surface area contributed by atoms with E-state index in [9.17, 15) is 9.90 Å². The maximum Gasteiger partial charge on any atom is 0.188 e. The summed E-state index contributed by atoms with van der Waals surface area (Å²) >= 11 is 0. The summed E-state index contributed by atoms with van der Waals surface area (Å²) in [5.74, 6) is 3.18. The van der Waals surface area contributed by atoms with Crippen molar-refractivity contribution in [3.63, 3.8) is 0 Å². The maximum atomic E-state index is 12.2. The molecule has 2 aromatic carbocycles. The molecule has 0 amide bonds. The van der Waals surface area contributed by atoms with Crippen LogP contribution < -0.4 is 4.74 Å². The Morgan fingerprint density at radius 3 is 2.21 bits per heavy atom. The zero-order valence-electron chi connectivity index (χ0n) is 16.3. The number of aliphatic hydroxyl groups excluding tert-OH is 1. The van der Waals surface area contributed by atoms with E-state index >= 15 is 0 Å². The van der Waals surface area contributed by atoms with Crippen LogP contribution >= 0.6 is 0 Å². The van der Waals surface area contributed by atoms with Crippen molar-refractivity contribution in [2.45, 2.75) is 50.5 Å². The molecule has 0 unspecified atom stereocenters. The largest absolute Gasteiger partial charge is 0.489 e. The lowest BCUT2D eigenvalue weighted by atomic mass is 9.48. The van der Waals surface area contributed by atoms with Crippen molar-refractivity contribution in [1.82, 2.24) is 0 Å². The van der Waals surface area contributed by atoms with Gasteiger partial charge in [0, 0.05) is 11.1 Å². The molecule has 4 aliphatic rings. The minimum absolute atomic E-state index is 0.145. The van der Waals surface area contributed by atoms with E-state index in [1.165, 1.54) is 44.1 Å². The van der Waals surface area contributed by atoms with Crippen LogP contribution in [-0.4, -0.2) is 17.5 Å². The third-order valence-corrected chi connectivity index (χ3v) is 7.29. The number of carbonyl (C=O) groups excluding carboxylic acids is 1. The molecule has 3 heteroatoms. The number of hydrogen-bond acceptors (Lipinski definition) is 3. The number of carbonyl (C=O) groups is 1. The predicted octanol–water partition coefficient (Wildman–Crippen LogP) is 4.91. The summed E-state index contributed by atoms with van der Waals surface area (Å²) in [5, 5.41) is 9.35. The lowest BCUT2D eigenvalue weighted by molar-refractivity contribution is -0.00649. The number of ether oxygens (including phenoxy) is 1. The van der Waals surface area contributed by atoms with Gasteiger partial charge in [-0.3, -0.25) is 4.79 Å². The van der Waals surface area contributed by atoms with Crippen molar-refractivity contribution >= 4 is 5.78 Å². The lowest BCUT2D eigenvalue weighted by Crippen LogP contribution is -2.48. The number of benzene rings is 2. The van der Waals surface area contributed by atoms with Gasteiger partial charge >= 0.3 is 0 Å². The Labute approximate surface area is 166 Å². The smallest absolute Gasteiger partial charge is 0.188 e. The molecule has 0 heterocycles. The van der Waals surface area contributed by atoms with Gasteiger partial charge in [0.05, 0.1) is 0 Å². The van der Waals surface area contributed by atoms with Gasteiger partial charge in [0.2, 0.25) is 0 Å². The average molecular weight is 376 g/mol. The van der Waals surface area contributed by atoms with Crippen LogP contribution in [0.3, 0.4) is 0 Å². The molecule has 0 spiro atoms. The zero-order chi connectivity index (χ0) is 19.1. The normalized spacial score (nSPS) is 30.4. The van der Waals surface area contributed by atoms with Crippen molar-refractivity contribution in [3.8, 4) is 5.75 Å². The Morgan fingerprint density at radius 1 is 0.964 bits per heavy atom. The van der Waals surface area contributed by atoms with Gasteiger partial charge in [-0.2, -0.15) is 0 Å². The van der Waals surface area contributed by atoms with Crippen LogP contribution in [0.1, 0.15) is 60.0 Å². The molecule has 4 saturated carbocycles. The summed E-state index contributed by atoms with van der Waals surface area (Å²) in [6, 6.07) is 16.0. The van der Waals surface area contributed by atoms with Gasteiger partial charge in [-0.15, -0.1) is 0 Å². The molecule has 2 aromatic rings. The molecular formula is C25H28O3. The van der Waals surface area contributed by atoms with E-state index in [-0.39, 0.29) is 11.2 Å². The number of ketones is 1. The van der Waals surface area contributed by atoms with Crippen LogP contribution in [0.4, 0.5) is 0 Å². The molecule has 4 bridgehead atoms. The fraction of sp³-hybridized carbons (Fsp3) is 0.480. The molecular weight excluding hydrogens is 348 g/mol. The molecule has 3 nitrogen and oxygen atoms in total. The van der Waals surface area contributed by atoms with E-state index in [0.29, 0.717) is 12.2 Å². The van der Waals surface area contributed by atoms with Crippen LogP contribution in [0.5, 0.6) is 5.75 Å². The van der Waals surface area contributed by atoms with Gasteiger partial charge < -0.3 is 9.84 Å². The van der Waals surface area contributed by atoms with Crippen molar-refractivity contribution in [3.05, 3.63) is 65.2 Å². The Bertz CT molecular complexity index is 835. The van der Waals surface area contributed by atoms with E-state index < -0.39 is 6.61 Å². The van der Waals surface area contributed by atoms with Crippen molar-refractivity contribution < 1.29 is 14.6 Å². The van der Waals surface area contributed by atoms with Gasteiger partial charge in [-0.1, -0.05) is 30.3 Å². The van der Waals surface area contributed by atoms with Gasteiger partial charge in [0.15, 0.2) is 5.78 Å². The molecule has 146 valence electrons. The fourth-order valence-corrected chi connectivity index (χ4v) is 6.51. The predicted molar refractivity (Wildman–Crippen MR) is 108 cm³/mol. The minimum Gasteiger partial charge on any atom is -0.489 e. The Kier molecular flexibility index (Phi) is 4.51. The molecule has 0 saturated heterocycles. The van der Waals surface area contributed by atoms with E-state index in [1.54, 1.807) is 0 Å². The van der Waals surface area contributed by atoms with Crippen LogP contribution in [-0.2, 0) is 12.0 Å². The summed E-state index contributed by atoms with van der Waals surface area (Å²) in [6.07, 6.45) is 7.81. The first-order valence-electron chi connectivity index (χ1n) is 10.6. The summed E-state index contributed by atoms with van der Waals surface area (Å²) < 4.78 is 6.31. The third kappa shape index (κ3) is 3.16. The molecule has 0 atom stereocenters. The first-order valence-corrected chi connectivity index (χ1v) is 10.6. The summed E-state index contributed by atoms with van der Waals surface area (Å²) in [4.78, 5) is 12.2. The maximum absolute atomic E-state index is 12.2. The van der Waals surface area contributed by atoms with Crippen molar-refractivity contribution in [2.24, 2.45) is 17.8 Å². The average Bonchev–Trinajstić information content (AvgIpc) is 2.71. The number of Topliss-reactive ketones (excluding diaryl/α,β-unsaturated/α-hetero) is 1. The van der Waals surface area contributed by atoms with Gasteiger partial charge in [0.1, 0.15) is 19.0 Å². The Morgan fingerprint density at radius 2 is 1.61 bits per heavy atom. The van der Waals surface area contributed by atoms with Crippen LogP contribution in [0.15, 0.2) is 48.5 Å². The second-order valence-electron chi connectivity index (χ2n) is 9.26. The molecule has 0 aromatic heterocycles. The lowest BCUT2D eigenvalue weighted by Gasteiger charge is -2.57. The van der Waals surface area contributed by atoms with Gasteiger partial charge in [-0.25, -0.2) is 0 Å². The standard InChI is InChI=1S/C25H28O3/c26-15-23(27)21-6-7-24(28-16-17-4-2-1-3-5-17)22(11-21)25-12-18-8-19(13-25)10-20(9-18)14-25/h1-7,11,18-20,26H,8-10,12-16H2. The van der Waals surface area contributed by atoms with E-state index in [1.807, 2.05) is 36.4 Å². The first-order chi connectivity index (χ1) is 13.6. The van der Waals surface area contributed by atoms with E-state index in [4.69, 9.17) is 4.74 Å². The molecule has 6 rings (SSSR count). The highest BCUT2D eigenvalue weighted by atomic mass is 16.5. The van der Waals surface area contributed by atoms with E-state index in [0.717, 1.165) is 29.1 Å². The Hall–Kier alpha value is -2.13. The molecule has 0 aliphatic heterocycles. The highest BCUT2D eigenvalue weighted by Crippen LogP contribution is 2.62. The van der Waals surface area contributed by atoms with Crippen molar-refractivity contribution in [1.29, 1.82) is 0 Å².